The van der Waals surface area contributed by atoms with Gasteiger partial charge in [-0.15, -0.1) is 0 Å². The number of carboxylic acid groups (broad SMARTS) is 1. The van der Waals surface area contributed by atoms with Crippen molar-refractivity contribution in [2.75, 3.05) is 25.1 Å². The Morgan fingerprint density at radius 1 is 0.588 bits per heavy atom. The van der Waals surface area contributed by atoms with Crippen molar-refractivity contribution in [2.45, 2.75) is 132 Å². The van der Waals surface area contributed by atoms with E-state index in [1.54, 1.807) is 50.4 Å². The first-order valence-corrected chi connectivity index (χ1v) is 28.8. The molecule has 1 heterocycles. The van der Waals surface area contributed by atoms with Crippen LogP contribution in [0.2, 0.25) is 0 Å². The van der Waals surface area contributed by atoms with Gasteiger partial charge in [-0.2, -0.15) is 11.8 Å². The van der Waals surface area contributed by atoms with E-state index in [0.29, 0.717) is 35.3 Å². The van der Waals surface area contributed by atoms with Crippen LogP contribution in [0.3, 0.4) is 0 Å². The number of rotatable bonds is 34. The van der Waals surface area contributed by atoms with Crippen molar-refractivity contribution >= 4 is 82.8 Å². The summed E-state index contributed by atoms with van der Waals surface area (Å²) in [5, 5.41) is 47.4. The summed E-state index contributed by atoms with van der Waals surface area (Å²) in [7, 11) is 0. The van der Waals surface area contributed by atoms with Crippen LogP contribution in [0.15, 0.2) is 83.9 Å². The number of nitrogens with one attached hydrogen (secondary N) is 7. The van der Waals surface area contributed by atoms with Gasteiger partial charge >= 0.3 is 5.97 Å². The summed E-state index contributed by atoms with van der Waals surface area (Å²) in [5.74, 6) is -11.4. The molecule has 4 rings (SSSR count). The molecule has 29 heteroatoms. The third kappa shape index (κ3) is 22.9. The van der Waals surface area contributed by atoms with Crippen LogP contribution in [0, 0.1) is 5.92 Å². The second kappa shape index (κ2) is 33.9. The Morgan fingerprint density at radius 3 is 1.52 bits per heavy atom. The lowest BCUT2D eigenvalue weighted by molar-refractivity contribution is -0.145. The van der Waals surface area contributed by atoms with Gasteiger partial charge in [-0.25, -0.2) is 4.79 Å². The number of hydrogen-bond acceptors (Lipinski definition) is 16. The number of nitrogens with two attached hydrogens (primary N) is 5. The van der Waals surface area contributed by atoms with E-state index in [4.69, 9.17) is 28.7 Å². The number of carbonyl (C=O) groups excluding carboxylic acids is 10. The van der Waals surface area contributed by atoms with Gasteiger partial charge in [0.25, 0.3) is 0 Å². The number of hydrogen-bond donors (Lipinski definition) is 15. The maximum atomic E-state index is 14.5. The summed E-state index contributed by atoms with van der Waals surface area (Å²) in [5.41, 5.74) is 29.4. The molecule has 0 aliphatic carbocycles. The number of carbonyl (C=O) groups is 11. The maximum Gasteiger partial charge on any atom is 0.326 e. The smallest absolute Gasteiger partial charge is 0.326 e. The summed E-state index contributed by atoms with van der Waals surface area (Å²) >= 11 is 1.34. The van der Waals surface area contributed by atoms with Crippen LogP contribution in [-0.2, 0) is 72.0 Å². The highest BCUT2D eigenvalue weighted by Crippen LogP contribution is 2.22. The van der Waals surface area contributed by atoms with Crippen LogP contribution in [0.5, 0.6) is 11.5 Å². The average molecular weight is 1200 g/mol. The Bertz CT molecular complexity index is 2840. The van der Waals surface area contributed by atoms with Crippen molar-refractivity contribution in [3.05, 3.63) is 95.6 Å². The molecule has 0 spiro atoms. The van der Waals surface area contributed by atoms with Gasteiger partial charge in [-0.3, -0.25) is 52.9 Å². The minimum atomic E-state index is -1.90. The van der Waals surface area contributed by atoms with Crippen molar-refractivity contribution in [3.63, 3.8) is 0 Å². The van der Waals surface area contributed by atoms with E-state index in [1.807, 2.05) is 0 Å². The Morgan fingerprint density at radius 2 is 1.05 bits per heavy atom. The van der Waals surface area contributed by atoms with Crippen molar-refractivity contribution in [1.82, 2.24) is 42.1 Å². The number of aromatic hydroxyl groups is 2. The molecule has 10 amide bonds. The molecule has 0 aromatic heterocycles. The largest absolute Gasteiger partial charge is 0.508 e. The van der Waals surface area contributed by atoms with Crippen molar-refractivity contribution < 1.29 is 68.1 Å². The fraction of sp³-hybridized carbons (Fsp3) is 0.464. The Hall–Kier alpha value is -8.99. The quantitative estimate of drug-likeness (QED) is 0.0162. The average Bonchev–Trinajstić information content (AvgIpc) is 3.75. The Balaban J connectivity index is 1.58. The number of amides is 10. The standard InChI is InChI=1S/C56H78N14O14S/c1-30(2)46(69-47(75)36(57)11-7-22-62-56(60)61)53(81)67-39(25-31-9-5-4-6-10-31)49(77)65-41(29-45(59)74)51(79)66-40(28-44(58)73)50(78)64-38(26-32-13-17-34(71)18-14-32)48(76)63-37(21-24-85-3)54(82)70-23-8-12-43(70)52(80)68-42(55(83)84)27-33-15-19-35(72)20-16-33/h4-6,9-10,13-20,30,36-43,46,71-72H,7-8,11-12,21-29,57H2,1-3H3,(H2,58,73)(H2,59,74)(H,63,76)(H,64,78)(H,65,77)(H,66,79)(H,67,81)(H,68,80)(H,69,75)(H,83,84)(H4,60,61,62)/t36-,37-,38-,39-,40-,41-,42-,43-,46-/m0/s1. The highest BCUT2D eigenvalue weighted by atomic mass is 32.2. The minimum absolute atomic E-state index is 0.0193. The Kier molecular flexibility index (Phi) is 27.4. The van der Waals surface area contributed by atoms with E-state index in [9.17, 15) is 68.1 Å². The molecule has 1 saturated heterocycles. The van der Waals surface area contributed by atoms with Gasteiger partial charge in [-0.05, 0) is 91.0 Å². The van der Waals surface area contributed by atoms with E-state index < -0.39 is 138 Å². The fourth-order valence-corrected chi connectivity index (χ4v) is 9.56. The summed E-state index contributed by atoms with van der Waals surface area (Å²) in [6, 6.07) is 6.61. The summed E-state index contributed by atoms with van der Waals surface area (Å²) in [6.07, 6.45) is 0.381. The molecule has 0 radical (unpaired) electrons. The lowest BCUT2D eigenvalue weighted by Gasteiger charge is -2.31. The third-order valence-electron chi connectivity index (χ3n) is 13.6. The number of phenols is 2. The number of aliphatic carboxylic acids is 1. The topological polar surface area (TPSA) is 478 Å². The highest BCUT2D eigenvalue weighted by Gasteiger charge is 2.41. The molecule has 28 nitrogen and oxygen atoms in total. The second-order valence-corrected chi connectivity index (χ2v) is 21.7. The SMILES string of the molecule is CSCC[C@H](NC(=O)[C@H](Cc1ccc(O)cc1)NC(=O)[C@H](CC(N)=O)NC(=O)[C@H](CC(N)=O)NC(=O)[C@H](Cc1ccccc1)NC(=O)[C@@H](NC(=O)[C@@H](N)CCCN=C(N)N)C(C)C)C(=O)N1CCC[C@H]1C(=O)N[C@@H](Cc1ccc(O)cc1)C(=O)O. The van der Waals surface area contributed by atoms with Crippen molar-refractivity contribution in [3.8, 4) is 11.5 Å². The zero-order chi connectivity index (χ0) is 62.9. The monoisotopic (exact) mass is 1200 g/mol. The number of guanidine groups is 1. The number of likely N-dealkylation sites (tertiary alicyclic amines) is 1. The van der Waals surface area contributed by atoms with E-state index >= 15 is 0 Å². The molecule has 3 aromatic rings. The number of phenolic OH excluding ortho intramolecular Hbond substituents is 2. The first-order valence-electron chi connectivity index (χ1n) is 27.4. The normalized spacial score (nSPS) is 15.6. The molecule has 85 heavy (non-hydrogen) atoms. The van der Waals surface area contributed by atoms with E-state index in [2.05, 4.69) is 42.2 Å². The zero-order valence-electron chi connectivity index (χ0n) is 47.5. The van der Waals surface area contributed by atoms with Gasteiger partial charge < -0.3 is 86.1 Å². The molecule has 0 unspecified atom stereocenters. The maximum absolute atomic E-state index is 14.5. The van der Waals surface area contributed by atoms with Crippen molar-refractivity contribution in [1.29, 1.82) is 0 Å². The lowest BCUT2D eigenvalue weighted by Crippen LogP contribution is -2.61. The minimum Gasteiger partial charge on any atom is -0.508 e. The first-order chi connectivity index (χ1) is 40.3. The predicted molar refractivity (Wildman–Crippen MR) is 313 cm³/mol. The molecule has 0 saturated carbocycles. The number of primary amides is 2. The summed E-state index contributed by atoms with van der Waals surface area (Å²) in [4.78, 5) is 155. The van der Waals surface area contributed by atoms with E-state index in [0.717, 1.165) is 0 Å². The molecule has 3 aromatic carbocycles. The van der Waals surface area contributed by atoms with Gasteiger partial charge in [0.05, 0.1) is 18.9 Å². The molecule has 1 fully saturated rings. The molecule has 0 bridgehead atoms. The van der Waals surface area contributed by atoms with Crippen LogP contribution in [0.4, 0.5) is 0 Å². The summed E-state index contributed by atoms with van der Waals surface area (Å²) < 4.78 is 0. The van der Waals surface area contributed by atoms with Crippen molar-refractivity contribution in [2.24, 2.45) is 39.6 Å². The number of benzene rings is 3. The molecule has 1 aliphatic rings. The number of aliphatic imine (C=N–C) groups is 1. The first kappa shape index (κ1) is 68.5. The van der Waals surface area contributed by atoms with Crippen LogP contribution in [-0.4, -0.2) is 171 Å². The van der Waals surface area contributed by atoms with Crippen LogP contribution < -0.4 is 65.9 Å². The number of carboxylic acids is 1. The molecule has 1 aliphatic heterocycles. The third-order valence-corrected chi connectivity index (χ3v) is 14.3. The van der Waals surface area contributed by atoms with Gasteiger partial charge in [0.15, 0.2) is 5.96 Å². The van der Waals surface area contributed by atoms with E-state index in [1.165, 1.54) is 65.2 Å². The number of nitrogens with zero attached hydrogens (tertiary/aromatic N) is 2. The second-order valence-electron chi connectivity index (χ2n) is 20.7. The molecule has 20 N–H and O–H groups in total. The van der Waals surface area contributed by atoms with E-state index in [-0.39, 0.29) is 69.1 Å². The van der Waals surface area contributed by atoms with Gasteiger partial charge in [-0.1, -0.05) is 68.4 Å². The molecular formula is C56H78N14O14S. The van der Waals surface area contributed by atoms with Crippen LogP contribution >= 0.6 is 11.8 Å². The zero-order valence-corrected chi connectivity index (χ0v) is 48.3. The molecule has 462 valence electrons. The fourth-order valence-electron chi connectivity index (χ4n) is 9.09. The predicted octanol–water partition coefficient (Wildman–Crippen LogP) is -2.86. The Labute approximate surface area is 495 Å². The molecular weight excluding hydrogens is 1120 g/mol. The van der Waals surface area contributed by atoms with Gasteiger partial charge in [0.1, 0.15) is 59.8 Å². The van der Waals surface area contributed by atoms with Crippen LogP contribution in [0.25, 0.3) is 0 Å². The lowest BCUT2D eigenvalue weighted by atomic mass is 10.00. The molecule has 9 atom stereocenters. The van der Waals surface area contributed by atoms with Gasteiger partial charge in [0.2, 0.25) is 59.1 Å². The highest BCUT2D eigenvalue weighted by molar-refractivity contribution is 7.98. The number of thioether (sulfide) groups is 1. The summed E-state index contributed by atoms with van der Waals surface area (Å²) in [6.45, 7) is 3.55. The van der Waals surface area contributed by atoms with Gasteiger partial charge in [0, 0.05) is 32.4 Å². The van der Waals surface area contributed by atoms with Crippen LogP contribution in [0.1, 0.15) is 75.5 Å².